The smallest absolute Gasteiger partial charge is 0.317 e. The van der Waals surface area contributed by atoms with Crippen LogP contribution in [0, 0.1) is 20.8 Å². The highest BCUT2D eigenvalue weighted by atomic mass is 127. The van der Waals surface area contributed by atoms with Gasteiger partial charge in [0.25, 0.3) is 11.8 Å². The molecule has 4 aliphatic rings. The standard InChI is InChI=1S/C65H90F2IN13O13S/c1-46(63(92)79-32-30-74(31-33-79)20-6-34-94-50-14-15-54-53(35-50)52(16-18-71-54)62(91)73-40-58(84)81-45-65(66,67)37-49(81)38-69)41-80-57(83)36-55(64(80)93)95-51(8-3-2-4-17-72-56(82)9-5-7-47-10-12-48(68)13-11-47)39-70-19-21-75-22-24-76(42-59(85)86)26-28-78(44-61(89)90)29-27-77(25-23-75)43-60(87)88/h10-16,18,35,46,49,51,55,70H,2-9,17,19-34,36-37,39-45H2,1H3,(H,72,82)(H,73,91)(H,85,86)(H,87,88)(H,89,90)/t46-,49-,51-,55?/m1/s1. The number of aromatic nitrogens is 1. The largest absolute Gasteiger partial charge is 0.494 e. The Kier molecular flexibility index (Phi) is 30.5. The Hall–Kier alpha value is -6.73. The molecule has 0 spiro atoms. The first-order chi connectivity index (χ1) is 45.5. The second-order valence-corrected chi connectivity index (χ2v) is 27.5. The first-order valence-electron chi connectivity index (χ1n) is 32.7. The van der Waals surface area contributed by atoms with Crippen LogP contribution in [-0.4, -0.2) is 292 Å². The third-order valence-corrected chi connectivity index (χ3v) is 19.6. The van der Waals surface area contributed by atoms with Crippen molar-refractivity contribution in [1.82, 2.24) is 60.1 Å². The van der Waals surface area contributed by atoms with E-state index in [4.69, 9.17) is 4.74 Å². The molecule has 7 rings (SSSR count). The summed E-state index contributed by atoms with van der Waals surface area (Å²) >= 11 is 3.72. The monoisotopic (exact) mass is 1460 g/mol. The summed E-state index contributed by atoms with van der Waals surface area (Å²) in [6.45, 7) is 7.65. The number of halogens is 3. The highest BCUT2D eigenvalue weighted by Gasteiger charge is 2.47. The molecule has 26 nitrogen and oxygen atoms in total. The van der Waals surface area contributed by atoms with E-state index in [9.17, 15) is 72.5 Å². The lowest BCUT2D eigenvalue weighted by molar-refractivity contribution is -0.143. The molecular weight excluding hydrogens is 1370 g/mol. The molecule has 1 aromatic heterocycles. The van der Waals surface area contributed by atoms with Gasteiger partial charge in [0.15, 0.2) is 0 Å². The molecule has 2 aromatic carbocycles. The number of carbonyl (C=O) groups is 9. The van der Waals surface area contributed by atoms with Gasteiger partial charge in [-0.3, -0.25) is 77.5 Å². The van der Waals surface area contributed by atoms with E-state index in [2.05, 4.69) is 77.6 Å². The van der Waals surface area contributed by atoms with E-state index in [1.807, 2.05) is 0 Å². The van der Waals surface area contributed by atoms with Crippen LogP contribution in [0.25, 0.3) is 10.9 Å². The van der Waals surface area contributed by atoms with Crippen molar-refractivity contribution in [2.75, 3.05) is 157 Å². The van der Waals surface area contributed by atoms with Gasteiger partial charge in [-0.15, -0.1) is 11.8 Å². The number of benzene rings is 2. The van der Waals surface area contributed by atoms with Crippen molar-refractivity contribution in [3.63, 3.8) is 0 Å². The number of aryl methyl sites for hydroxylation is 1. The quantitative estimate of drug-likeness (QED) is 0.0284. The van der Waals surface area contributed by atoms with Gasteiger partial charge in [-0.1, -0.05) is 31.9 Å². The van der Waals surface area contributed by atoms with Gasteiger partial charge in [0.1, 0.15) is 11.8 Å². The molecule has 0 bridgehead atoms. The van der Waals surface area contributed by atoms with Crippen LogP contribution < -0.4 is 20.7 Å². The second-order valence-electron chi connectivity index (χ2n) is 24.7. The summed E-state index contributed by atoms with van der Waals surface area (Å²) in [7, 11) is 0. The number of pyridine rings is 1. The van der Waals surface area contributed by atoms with Gasteiger partial charge >= 0.3 is 17.9 Å². The Morgan fingerprint density at radius 3 is 2.02 bits per heavy atom. The fourth-order valence-electron chi connectivity index (χ4n) is 12.1. The number of piperazine rings is 1. The predicted molar refractivity (Wildman–Crippen MR) is 359 cm³/mol. The minimum atomic E-state index is -3.19. The number of imide groups is 1. The Morgan fingerprint density at radius 2 is 1.39 bits per heavy atom. The van der Waals surface area contributed by atoms with Crippen molar-refractivity contribution in [3.8, 4) is 11.8 Å². The van der Waals surface area contributed by atoms with Crippen molar-refractivity contribution in [2.24, 2.45) is 5.92 Å². The molecule has 4 atom stereocenters. The third kappa shape index (κ3) is 25.3. The van der Waals surface area contributed by atoms with Crippen LogP contribution in [0.2, 0.25) is 0 Å². The maximum atomic E-state index is 14.2. The average molecular weight is 1460 g/mol. The fourth-order valence-corrected chi connectivity index (χ4v) is 14.0. The Balaban J connectivity index is 0.867. The van der Waals surface area contributed by atoms with Crippen molar-refractivity contribution < 1.29 is 72.0 Å². The molecule has 4 saturated heterocycles. The number of amides is 6. The predicted octanol–water partition coefficient (Wildman–Crippen LogP) is 2.87. The molecule has 0 radical (unpaired) electrons. The van der Waals surface area contributed by atoms with Gasteiger partial charge in [-0.05, 0) is 96.7 Å². The summed E-state index contributed by atoms with van der Waals surface area (Å²) in [5.74, 6) is -8.60. The van der Waals surface area contributed by atoms with E-state index >= 15 is 0 Å². The van der Waals surface area contributed by atoms with Crippen LogP contribution in [-0.2, 0) is 44.8 Å². The number of thioether (sulfide) groups is 1. The maximum absolute atomic E-state index is 14.2. The third-order valence-electron chi connectivity index (χ3n) is 17.4. The van der Waals surface area contributed by atoms with Crippen LogP contribution >= 0.6 is 34.4 Å². The van der Waals surface area contributed by atoms with E-state index in [-0.39, 0.29) is 67.0 Å². The van der Waals surface area contributed by atoms with Gasteiger partial charge in [-0.2, -0.15) is 5.26 Å². The van der Waals surface area contributed by atoms with Crippen LogP contribution in [0.4, 0.5) is 8.78 Å². The van der Waals surface area contributed by atoms with Crippen LogP contribution in [0.1, 0.15) is 80.6 Å². The molecule has 95 heavy (non-hydrogen) atoms. The molecule has 30 heteroatoms. The van der Waals surface area contributed by atoms with E-state index < -0.39 is 72.4 Å². The number of hydrogen-bond acceptors (Lipinski definition) is 19. The summed E-state index contributed by atoms with van der Waals surface area (Å²) in [6, 6.07) is 15.3. The first kappa shape index (κ1) is 75.6. The zero-order chi connectivity index (χ0) is 68.4. The minimum absolute atomic E-state index is 0.0000883. The van der Waals surface area contributed by atoms with Gasteiger partial charge in [-0.25, -0.2) is 8.78 Å². The molecule has 520 valence electrons. The molecule has 1 unspecified atom stereocenters. The van der Waals surface area contributed by atoms with Crippen molar-refractivity contribution in [1.29, 1.82) is 5.26 Å². The minimum Gasteiger partial charge on any atom is -0.494 e. The molecule has 0 saturated carbocycles. The highest BCUT2D eigenvalue weighted by Crippen LogP contribution is 2.33. The number of carbonyl (C=O) groups excluding carboxylic acids is 6. The van der Waals surface area contributed by atoms with E-state index in [0.717, 1.165) is 40.6 Å². The Morgan fingerprint density at radius 1 is 0.768 bits per heavy atom. The van der Waals surface area contributed by atoms with Gasteiger partial charge in [0, 0.05) is 157 Å². The number of alkyl halides is 2. The number of carboxylic acids is 3. The number of fused-ring (bicyclic) bond motifs is 1. The number of hydrogen-bond donors (Lipinski definition) is 6. The second kappa shape index (κ2) is 38.3. The number of rotatable bonds is 34. The van der Waals surface area contributed by atoms with Gasteiger partial charge < -0.3 is 45.8 Å². The molecule has 0 aliphatic carbocycles. The zero-order valence-corrected chi connectivity index (χ0v) is 57.0. The molecule has 4 aliphatic heterocycles. The lowest BCUT2D eigenvalue weighted by atomic mass is 10.1. The van der Waals surface area contributed by atoms with Crippen LogP contribution in [0.15, 0.2) is 54.7 Å². The number of nitrogens with zero attached hydrogens (tertiary/aromatic N) is 10. The number of ether oxygens (including phenoxy) is 1. The molecule has 6 N–H and O–H groups in total. The van der Waals surface area contributed by atoms with E-state index in [1.54, 1.807) is 50.8 Å². The number of aliphatic carboxylic acids is 3. The summed E-state index contributed by atoms with van der Waals surface area (Å²) < 4.78 is 35.1. The summed E-state index contributed by atoms with van der Waals surface area (Å²) in [4.78, 5) is 134. The zero-order valence-electron chi connectivity index (χ0n) is 54.0. The highest BCUT2D eigenvalue weighted by molar-refractivity contribution is 14.1. The fraction of sp³-hybridized carbons (Fsp3) is 0.615. The number of nitrogens with one attached hydrogen (secondary N) is 3. The lowest BCUT2D eigenvalue weighted by Crippen LogP contribution is -2.51. The molecule has 4 fully saturated rings. The van der Waals surface area contributed by atoms with Gasteiger partial charge in [0.05, 0.1) is 67.6 Å². The summed E-state index contributed by atoms with van der Waals surface area (Å²) in [5.41, 5.74) is 1.88. The van der Waals surface area contributed by atoms with Crippen molar-refractivity contribution in [2.45, 2.75) is 93.6 Å². The van der Waals surface area contributed by atoms with Crippen LogP contribution in [0.3, 0.4) is 0 Å². The topological polar surface area (TPSA) is 322 Å². The van der Waals surface area contributed by atoms with E-state index in [0.29, 0.717) is 154 Å². The first-order valence-corrected chi connectivity index (χ1v) is 34.7. The maximum Gasteiger partial charge on any atom is 0.317 e. The Bertz CT molecular complexity index is 3110. The number of nitriles is 1. The molecule has 3 aromatic rings. The average Bonchev–Trinajstić information content (AvgIpc) is 1.82. The lowest BCUT2D eigenvalue weighted by Gasteiger charge is -2.36. The molecule has 5 heterocycles. The summed E-state index contributed by atoms with van der Waals surface area (Å²) in [6.07, 6.45) is 6.42. The summed E-state index contributed by atoms with van der Waals surface area (Å²) in [5, 5.41) is 47.0. The Labute approximate surface area is 570 Å². The number of carboxylic acid groups (broad SMARTS) is 3. The number of unbranched alkanes of at least 4 members (excludes halogenated alkanes) is 2. The molecule has 6 amide bonds. The van der Waals surface area contributed by atoms with Gasteiger partial charge in [0.2, 0.25) is 29.5 Å². The number of likely N-dealkylation sites (tertiary alicyclic amines) is 2. The van der Waals surface area contributed by atoms with Crippen molar-refractivity contribution >= 4 is 98.6 Å². The normalized spacial score (nSPS) is 19.6. The van der Waals surface area contributed by atoms with E-state index in [1.165, 1.54) is 34.5 Å². The van der Waals surface area contributed by atoms with Crippen molar-refractivity contribution in [3.05, 3.63) is 69.4 Å². The molecular formula is C65H90F2IN13O13S. The van der Waals surface area contributed by atoms with Crippen LogP contribution in [0.5, 0.6) is 5.75 Å². The SMILES string of the molecule is C[C@H](CN1C(=O)CC(S[C@H](CCCCCNC(=O)CCCc2ccc(I)cc2)CNCCN2CCN(CC(=O)O)CCN(CC(=O)O)CCN(CC(=O)O)CC2)C1=O)C(=O)N1CCN(CCCOc2ccc3nccc(C(=O)NCC(=O)N4CC(F)(F)C[C@@H]4C#N)c3c2)CC1.